The van der Waals surface area contributed by atoms with E-state index in [0.717, 1.165) is 31.3 Å². The molecule has 132 valence electrons. The van der Waals surface area contributed by atoms with E-state index in [4.69, 9.17) is 4.74 Å². The number of esters is 1. The van der Waals surface area contributed by atoms with Gasteiger partial charge in [-0.2, -0.15) is 0 Å². The Hall–Kier alpha value is -1.38. The van der Waals surface area contributed by atoms with Crippen molar-refractivity contribution in [1.29, 1.82) is 0 Å². The first-order chi connectivity index (χ1) is 11.2. The van der Waals surface area contributed by atoms with E-state index in [-0.39, 0.29) is 29.1 Å². The quantitative estimate of drug-likeness (QED) is 0.701. The van der Waals surface area contributed by atoms with Gasteiger partial charge in [-0.05, 0) is 60.5 Å². The first kappa shape index (κ1) is 17.4. The average Bonchev–Trinajstić information content (AvgIpc) is 2.53. The molecule has 0 aliphatic heterocycles. The molecule has 3 rings (SSSR count). The van der Waals surface area contributed by atoms with Crippen LogP contribution in [0.5, 0.6) is 0 Å². The van der Waals surface area contributed by atoms with Gasteiger partial charge in [-0.1, -0.05) is 39.3 Å². The van der Waals surface area contributed by atoms with Crippen molar-refractivity contribution in [2.24, 2.45) is 28.6 Å². The van der Waals surface area contributed by atoms with Crippen molar-refractivity contribution < 1.29 is 14.3 Å². The van der Waals surface area contributed by atoms with Gasteiger partial charge < -0.3 is 4.74 Å². The van der Waals surface area contributed by atoms with Gasteiger partial charge in [0.2, 0.25) is 0 Å². The highest BCUT2D eigenvalue weighted by Crippen LogP contribution is 2.61. The highest BCUT2D eigenvalue weighted by molar-refractivity contribution is 5.98. The fourth-order valence-corrected chi connectivity index (χ4v) is 5.68. The van der Waals surface area contributed by atoms with E-state index in [9.17, 15) is 9.59 Å². The third-order valence-electron chi connectivity index (χ3n) is 7.07. The predicted molar refractivity (Wildman–Crippen MR) is 94.3 cm³/mol. The fraction of sp³-hybridized carbons (Fsp3) is 0.714. The summed E-state index contributed by atoms with van der Waals surface area (Å²) in [5.74, 6) is 0.976. The van der Waals surface area contributed by atoms with E-state index >= 15 is 0 Å². The van der Waals surface area contributed by atoms with Gasteiger partial charge in [0.05, 0.1) is 12.5 Å². The Balaban J connectivity index is 2.04. The molecule has 3 aliphatic carbocycles. The van der Waals surface area contributed by atoms with Crippen LogP contribution in [-0.2, 0) is 14.3 Å². The summed E-state index contributed by atoms with van der Waals surface area (Å²) >= 11 is 0. The van der Waals surface area contributed by atoms with Crippen LogP contribution in [0, 0.1) is 28.6 Å². The standard InChI is InChI=1S/C21H30O3/c1-13(2)15-11-14-7-8-18-20(3,16(14)12-17(15)22)9-6-10-21(18,4)19(23)24-5/h7,11,13,16,18H,6,8-10,12H2,1-5H3/t16-,18-,20-,21-/m1/s1. The second-order valence-corrected chi connectivity index (χ2v) is 8.70. The van der Waals surface area contributed by atoms with E-state index in [1.54, 1.807) is 0 Å². The maximum absolute atomic E-state index is 12.7. The summed E-state index contributed by atoms with van der Waals surface area (Å²) < 4.78 is 5.15. The smallest absolute Gasteiger partial charge is 0.311 e. The van der Waals surface area contributed by atoms with E-state index in [1.807, 2.05) is 0 Å². The van der Waals surface area contributed by atoms with Gasteiger partial charge in [-0.3, -0.25) is 9.59 Å². The summed E-state index contributed by atoms with van der Waals surface area (Å²) in [5, 5.41) is 0. The van der Waals surface area contributed by atoms with Crippen LogP contribution in [0.15, 0.2) is 23.3 Å². The Kier molecular flexibility index (Phi) is 4.26. The molecule has 0 aromatic heterocycles. The van der Waals surface area contributed by atoms with Crippen molar-refractivity contribution >= 4 is 11.8 Å². The number of ketones is 1. The zero-order valence-electron chi connectivity index (χ0n) is 15.6. The third-order valence-corrected chi connectivity index (χ3v) is 7.07. The Morgan fingerprint density at radius 2 is 2.00 bits per heavy atom. The lowest BCUT2D eigenvalue weighted by Gasteiger charge is -2.57. The predicted octanol–water partition coefficient (Wildman–Crippen LogP) is 4.47. The summed E-state index contributed by atoms with van der Waals surface area (Å²) in [7, 11) is 1.49. The first-order valence-corrected chi connectivity index (χ1v) is 9.27. The number of carbonyl (C=O) groups is 2. The molecule has 0 unspecified atom stereocenters. The number of allylic oxidation sites excluding steroid dienone is 4. The van der Waals surface area contributed by atoms with Gasteiger partial charge in [0.1, 0.15) is 0 Å². The lowest BCUT2D eigenvalue weighted by molar-refractivity contribution is -0.166. The SMILES string of the molecule is COC(=O)[C@]1(C)CCC[C@]2(C)[C@@H]3CC(=O)C(C(C)C)=CC3=CC[C@H]21. The molecule has 3 heteroatoms. The molecule has 4 atom stereocenters. The van der Waals surface area contributed by atoms with Gasteiger partial charge >= 0.3 is 5.97 Å². The number of carbonyl (C=O) groups excluding carboxylic acids is 2. The normalized spacial score (nSPS) is 38.8. The van der Waals surface area contributed by atoms with Crippen molar-refractivity contribution in [2.75, 3.05) is 7.11 Å². The first-order valence-electron chi connectivity index (χ1n) is 9.27. The zero-order chi connectivity index (χ0) is 17.7. The molecule has 3 nitrogen and oxygen atoms in total. The van der Waals surface area contributed by atoms with Crippen LogP contribution in [-0.4, -0.2) is 18.9 Å². The Labute approximate surface area is 145 Å². The molecule has 1 saturated carbocycles. The lowest BCUT2D eigenvalue weighted by atomic mass is 9.47. The molecular formula is C21H30O3. The molecule has 0 aromatic carbocycles. The van der Waals surface area contributed by atoms with Crippen LogP contribution in [0.3, 0.4) is 0 Å². The molecule has 0 saturated heterocycles. The Morgan fingerprint density at radius 1 is 1.29 bits per heavy atom. The van der Waals surface area contributed by atoms with Crippen LogP contribution in [0.25, 0.3) is 0 Å². The van der Waals surface area contributed by atoms with Gasteiger partial charge in [-0.15, -0.1) is 0 Å². The molecule has 0 bridgehead atoms. The number of fused-ring (bicyclic) bond motifs is 3. The molecule has 0 heterocycles. The van der Waals surface area contributed by atoms with Crippen molar-refractivity contribution in [2.45, 2.75) is 59.8 Å². The summed E-state index contributed by atoms with van der Waals surface area (Å²) in [6, 6.07) is 0. The van der Waals surface area contributed by atoms with Crippen LogP contribution in [0.1, 0.15) is 59.8 Å². The number of rotatable bonds is 2. The lowest BCUT2D eigenvalue weighted by Crippen LogP contribution is -2.53. The number of methoxy groups -OCH3 is 1. The molecule has 0 aromatic rings. The number of hydrogen-bond acceptors (Lipinski definition) is 3. The summed E-state index contributed by atoms with van der Waals surface area (Å²) in [4.78, 5) is 25.2. The van der Waals surface area contributed by atoms with E-state index in [1.165, 1.54) is 12.7 Å². The minimum absolute atomic E-state index is 0.0000567. The monoisotopic (exact) mass is 330 g/mol. The largest absolute Gasteiger partial charge is 0.469 e. The summed E-state index contributed by atoms with van der Waals surface area (Å²) in [5.41, 5.74) is 1.85. The second kappa shape index (κ2) is 5.86. The summed E-state index contributed by atoms with van der Waals surface area (Å²) in [6.45, 7) is 8.55. The van der Waals surface area contributed by atoms with Crippen molar-refractivity contribution in [1.82, 2.24) is 0 Å². The molecule has 24 heavy (non-hydrogen) atoms. The van der Waals surface area contributed by atoms with Crippen molar-refractivity contribution in [3.05, 3.63) is 23.3 Å². The molecule has 0 N–H and O–H groups in total. The van der Waals surface area contributed by atoms with Gasteiger partial charge in [0.15, 0.2) is 5.78 Å². The minimum Gasteiger partial charge on any atom is -0.469 e. The van der Waals surface area contributed by atoms with Crippen LogP contribution >= 0.6 is 0 Å². The van der Waals surface area contributed by atoms with Gasteiger partial charge in [0, 0.05) is 6.42 Å². The number of Topliss-reactive ketones (excluding diaryl/α,β-unsaturated/α-hetero) is 1. The van der Waals surface area contributed by atoms with Crippen LogP contribution in [0.4, 0.5) is 0 Å². The molecule has 0 radical (unpaired) electrons. The van der Waals surface area contributed by atoms with E-state index in [0.29, 0.717) is 12.2 Å². The Bertz CT molecular complexity index is 627. The van der Waals surface area contributed by atoms with Crippen LogP contribution < -0.4 is 0 Å². The molecular weight excluding hydrogens is 300 g/mol. The third kappa shape index (κ3) is 2.39. The molecule has 3 aliphatic rings. The topological polar surface area (TPSA) is 43.4 Å². The number of ether oxygens (including phenoxy) is 1. The van der Waals surface area contributed by atoms with E-state index in [2.05, 4.69) is 39.8 Å². The molecule has 1 fully saturated rings. The average molecular weight is 330 g/mol. The Morgan fingerprint density at radius 3 is 2.62 bits per heavy atom. The number of hydrogen-bond donors (Lipinski definition) is 0. The highest BCUT2D eigenvalue weighted by Gasteiger charge is 2.58. The van der Waals surface area contributed by atoms with Crippen LogP contribution in [0.2, 0.25) is 0 Å². The fourth-order valence-electron chi connectivity index (χ4n) is 5.68. The molecule has 0 spiro atoms. The second-order valence-electron chi connectivity index (χ2n) is 8.70. The minimum atomic E-state index is -0.436. The zero-order valence-corrected chi connectivity index (χ0v) is 15.6. The van der Waals surface area contributed by atoms with E-state index < -0.39 is 5.41 Å². The maximum Gasteiger partial charge on any atom is 0.311 e. The van der Waals surface area contributed by atoms with Gasteiger partial charge in [0.25, 0.3) is 0 Å². The van der Waals surface area contributed by atoms with Crippen molar-refractivity contribution in [3.63, 3.8) is 0 Å². The molecule has 0 amide bonds. The highest BCUT2D eigenvalue weighted by atomic mass is 16.5. The maximum atomic E-state index is 12.7. The van der Waals surface area contributed by atoms with Crippen molar-refractivity contribution in [3.8, 4) is 0 Å². The van der Waals surface area contributed by atoms with Gasteiger partial charge in [-0.25, -0.2) is 0 Å². The summed E-state index contributed by atoms with van der Waals surface area (Å²) in [6.07, 6.45) is 8.94.